The highest BCUT2D eigenvalue weighted by molar-refractivity contribution is 5.97. The van der Waals surface area contributed by atoms with E-state index >= 15 is 0 Å². The number of carbonyl (C=O) groups excluding carboxylic acids is 1. The van der Waals surface area contributed by atoms with Crippen LogP contribution in [0.25, 0.3) is 11.0 Å². The summed E-state index contributed by atoms with van der Waals surface area (Å²) in [4.78, 5) is 23.1. The lowest BCUT2D eigenvalue weighted by atomic mass is 10.0. The van der Waals surface area contributed by atoms with Crippen LogP contribution in [0, 0.1) is 23.0 Å². The van der Waals surface area contributed by atoms with Crippen molar-refractivity contribution in [3.05, 3.63) is 94.1 Å². The minimum Gasteiger partial charge on any atom is -0.381 e. The molecule has 10 heteroatoms. The van der Waals surface area contributed by atoms with Gasteiger partial charge in [-0.05, 0) is 81.1 Å². The van der Waals surface area contributed by atoms with Gasteiger partial charge in [-0.3, -0.25) is 19.1 Å². The first-order chi connectivity index (χ1) is 21.8. The lowest BCUT2D eigenvalue weighted by Gasteiger charge is -2.16. The van der Waals surface area contributed by atoms with Crippen LogP contribution >= 0.6 is 0 Å². The van der Waals surface area contributed by atoms with Gasteiger partial charge in [-0.15, -0.1) is 0 Å². The number of pyridine rings is 1. The molecule has 0 spiro atoms. The fourth-order valence-corrected chi connectivity index (χ4v) is 5.13. The average molecular weight is 622 g/mol. The summed E-state index contributed by atoms with van der Waals surface area (Å²) in [5.74, 6) is -0.339. The van der Waals surface area contributed by atoms with Crippen LogP contribution in [0.1, 0.15) is 78.2 Å². The van der Waals surface area contributed by atoms with Crippen LogP contribution in [0.15, 0.2) is 48.5 Å². The highest BCUT2D eigenvalue weighted by atomic mass is 19.1. The zero-order valence-corrected chi connectivity index (χ0v) is 26.7. The molecule has 2 saturated heterocycles. The number of halogens is 3. The standard InChI is InChI=1S/C29H27F2N5O.C3H6O.C2H6.CH3F/c1-18(37)22-13-25(31)29-26(14-22)35(2)27(34-29)17-36-12-11-21(16-36)28-24(30)10-9-23(33-28)8-7-19-3-5-20(15-32)6-4-19;1-2-4-3-1;2*1-2/h3-6,9-10,13-14,21H,7-8,11-12,16-17H2,1-2H3;1-3H2;1-2H3;1H3. The van der Waals surface area contributed by atoms with Crippen molar-refractivity contribution < 1.29 is 22.7 Å². The Bertz CT molecular complexity index is 1590. The number of ether oxygens (including phenoxy) is 1. The van der Waals surface area contributed by atoms with Gasteiger partial charge in [-0.1, -0.05) is 26.0 Å². The first kappa shape index (κ1) is 35.4. The predicted octanol–water partition coefficient (Wildman–Crippen LogP) is 7.11. The molecule has 240 valence electrons. The molecule has 4 aromatic rings. The number of hydrogen-bond acceptors (Lipinski definition) is 6. The maximum Gasteiger partial charge on any atom is 0.159 e. The second kappa shape index (κ2) is 17.4. The van der Waals surface area contributed by atoms with E-state index in [2.05, 4.69) is 20.9 Å². The number of benzene rings is 2. The summed E-state index contributed by atoms with van der Waals surface area (Å²) < 4.78 is 45.4. The summed E-state index contributed by atoms with van der Waals surface area (Å²) in [6.45, 7) is 9.30. The van der Waals surface area contributed by atoms with E-state index in [0.29, 0.717) is 54.8 Å². The molecule has 0 radical (unpaired) electrons. The minimum atomic E-state index is -0.507. The van der Waals surface area contributed by atoms with Crippen LogP contribution in [-0.2, 0) is 31.2 Å². The van der Waals surface area contributed by atoms with Gasteiger partial charge in [0.2, 0.25) is 0 Å². The Balaban J connectivity index is 0.000000619. The summed E-state index contributed by atoms with van der Waals surface area (Å²) in [6.07, 6.45) is 3.49. The van der Waals surface area contributed by atoms with Crippen molar-refractivity contribution in [1.29, 1.82) is 5.26 Å². The number of alkyl halides is 1. The summed E-state index contributed by atoms with van der Waals surface area (Å²) >= 11 is 0. The molecule has 4 heterocycles. The molecule has 0 N–H and O–H groups in total. The topological polar surface area (TPSA) is 84.0 Å². The van der Waals surface area contributed by atoms with Crippen molar-refractivity contribution >= 4 is 16.8 Å². The molecule has 2 fully saturated rings. The van der Waals surface area contributed by atoms with Crippen molar-refractivity contribution in [2.24, 2.45) is 7.05 Å². The van der Waals surface area contributed by atoms with Crippen LogP contribution < -0.4 is 0 Å². The van der Waals surface area contributed by atoms with Crippen molar-refractivity contribution in [1.82, 2.24) is 19.4 Å². The first-order valence-corrected chi connectivity index (χ1v) is 15.3. The maximum atomic E-state index is 14.8. The largest absolute Gasteiger partial charge is 0.381 e. The number of aromatic nitrogens is 3. The van der Waals surface area contributed by atoms with E-state index in [1.54, 1.807) is 24.3 Å². The third kappa shape index (κ3) is 9.22. The molecule has 0 bridgehead atoms. The van der Waals surface area contributed by atoms with E-state index in [9.17, 15) is 18.0 Å². The number of aryl methyl sites for hydroxylation is 3. The van der Waals surface area contributed by atoms with E-state index in [1.165, 1.54) is 25.5 Å². The Morgan fingerprint density at radius 2 is 1.69 bits per heavy atom. The molecule has 0 saturated carbocycles. The number of nitriles is 1. The molecule has 1 atom stereocenters. The van der Waals surface area contributed by atoms with E-state index in [1.807, 2.05) is 37.6 Å². The van der Waals surface area contributed by atoms with Crippen molar-refractivity contribution in [3.63, 3.8) is 0 Å². The third-order valence-corrected chi connectivity index (χ3v) is 7.72. The van der Waals surface area contributed by atoms with Gasteiger partial charge in [-0.2, -0.15) is 5.26 Å². The Labute approximate surface area is 263 Å². The van der Waals surface area contributed by atoms with Gasteiger partial charge < -0.3 is 9.30 Å². The number of likely N-dealkylation sites (tertiary alicyclic amines) is 1. The summed E-state index contributed by atoms with van der Waals surface area (Å²) in [5, 5.41) is 8.95. The van der Waals surface area contributed by atoms with Gasteiger partial charge in [0.15, 0.2) is 11.6 Å². The van der Waals surface area contributed by atoms with Crippen LogP contribution in [0.3, 0.4) is 0 Å². The van der Waals surface area contributed by atoms with Crippen molar-refractivity contribution in [2.45, 2.75) is 58.9 Å². The lowest BCUT2D eigenvalue weighted by Crippen LogP contribution is -2.22. The van der Waals surface area contributed by atoms with Crippen LogP contribution in [0.4, 0.5) is 13.2 Å². The van der Waals surface area contributed by atoms with Crippen LogP contribution in [-0.4, -0.2) is 58.7 Å². The molecule has 0 aliphatic carbocycles. The number of carbonyl (C=O) groups is 1. The van der Waals surface area contributed by atoms with Gasteiger partial charge in [0, 0.05) is 44.0 Å². The van der Waals surface area contributed by atoms with Gasteiger partial charge in [0.25, 0.3) is 0 Å². The van der Waals surface area contributed by atoms with Crippen molar-refractivity contribution in [2.75, 3.05) is 33.5 Å². The third-order valence-electron chi connectivity index (χ3n) is 7.72. The Hall–Kier alpha value is -4.07. The molecule has 7 nitrogen and oxygen atoms in total. The number of nitrogens with zero attached hydrogens (tertiary/aromatic N) is 5. The van der Waals surface area contributed by atoms with Gasteiger partial charge >= 0.3 is 0 Å². The number of ketones is 1. The second-order valence-corrected chi connectivity index (χ2v) is 10.6. The summed E-state index contributed by atoms with van der Waals surface area (Å²) in [6, 6.07) is 15.7. The number of fused-ring (bicyclic) bond motifs is 1. The van der Waals surface area contributed by atoms with Crippen LogP contribution in [0.5, 0.6) is 0 Å². The van der Waals surface area contributed by atoms with E-state index in [-0.39, 0.29) is 23.0 Å². The Morgan fingerprint density at radius 1 is 1.02 bits per heavy atom. The Kier molecular flexibility index (Phi) is 13.7. The fraction of sp³-hybridized carbons (Fsp3) is 0.429. The molecule has 2 aliphatic heterocycles. The normalized spacial score (nSPS) is 15.4. The smallest absolute Gasteiger partial charge is 0.159 e. The molecular weight excluding hydrogens is 579 g/mol. The molecule has 0 amide bonds. The molecule has 2 aliphatic rings. The molecule has 45 heavy (non-hydrogen) atoms. The van der Waals surface area contributed by atoms with Crippen molar-refractivity contribution in [3.8, 4) is 6.07 Å². The summed E-state index contributed by atoms with van der Waals surface area (Å²) in [5.41, 5.74) is 4.21. The molecule has 6 rings (SSSR count). The van der Waals surface area contributed by atoms with E-state index in [0.717, 1.165) is 43.9 Å². The maximum absolute atomic E-state index is 14.8. The summed E-state index contributed by atoms with van der Waals surface area (Å²) in [7, 11) is 2.32. The quantitative estimate of drug-likeness (QED) is 0.205. The molecule has 2 aromatic carbocycles. The average Bonchev–Trinajstić information content (AvgIpc) is 3.62. The monoisotopic (exact) mass is 621 g/mol. The van der Waals surface area contributed by atoms with E-state index in [4.69, 9.17) is 10.00 Å². The van der Waals surface area contributed by atoms with Crippen LogP contribution in [0.2, 0.25) is 0 Å². The fourth-order valence-electron chi connectivity index (χ4n) is 5.13. The van der Waals surface area contributed by atoms with Gasteiger partial charge in [0.05, 0.1) is 36.6 Å². The number of hydrogen-bond donors (Lipinski definition) is 0. The number of Topliss-reactive ketones (excluding diaryl/α,β-unsaturated/α-hetero) is 1. The predicted molar refractivity (Wildman–Crippen MR) is 170 cm³/mol. The molecule has 1 unspecified atom stereocenters. The minimum absolute atomic E-state index is 0.0365. The molecule has 2 aromatic heterocycles. The highest BCUT2D eigenvalue weighted by Crippen LogP contribution is 2.30. The second-order valence-electron chi connectivity index (χ2n) is 10.6. The van der Waals surface area contributed by atoms with E-state index < -0.39 is 5.82 Å². The SMILES string of the molecule is C1COC1.CC.CC(=O)c1cc(F)c2nc(CN3CCC(c4nc(CCc5ccc(C#N)cc5)ccc4F)C3)n(C)c2c1.CF. The zero-order valence-electron chi connectivity index (χ0n) is 26.7. The first-order valence-electron chi connectivity index (χ1n) is 15.3. The number of rotatable bonds is 7. The molecular formula is C35H42F3N5O2. The lowest BCUT2D eigenvalue weighted by molar-refractivity contribution is 0.0367. The number of imidazole rings is 1. The highest BCUT2D eigenvalue weighted by Gasteiger charge is 2.28. The Morgan fingerprint density at radius 3 is 2.29 bits per heavy atom. The van der Waals surface area contributed by atoms with Gasteiger partial charge in [-0.25, -0.2) is 13.8 Å². The van der Waals surface area contributed by atoms with Gasteiger partial charge in [0.1, 0.15) is 17.2 Å². The zero-order chi connectivity index (χ0) is 32.9.